The highest BCUT2D eigenvalue weighted by Crippen LogP contribution is 2.08. The van der Waals surface area contributed by atoms with Gasteiger partial charge in [0, 0.05) is 6.61 Å². The number of hydrogen-bond donors (Lipinski definition) is 1. The Morgan fingerprint density at radius 3 is 1.85 bits per heavy atom. The number of aliphatic hydroxyl groups excluding tert-OH is 1. The maximum atomic E-state index is 8.66. The Morgan fingerprint density at radius 2 is 1.20 bits per heavy atom. The fourth-order valence-electron chi connectivity index (χ4n) is 2.00. The quantitative estimate of drug-likeness (QED) is 0.244. The minimum Gasteiger partial charge on any atom is -0.396 e. The molecule has 0 saturated carbocycles. The summed E-state index contributed by atoms with van der Waals surface area (Å²) in [6.45, 7) is 3.99. The zero-order valence-electron chi connectivity index (χ0n) is 13.0. The van der Waals surface area contributed by atoms with Crippen LogP contribution in [0, 0.1) is 0 Å². The number of hydrogen-bond acceptors (Lipinski definition) is 1. The van der Waals surface area contributed by atoms with E-state index in [1.54, 1.807) is 6.08 Å². The van der Waals surface area contributed by atoms with Crippen LogP contribution in [0.1, 0.15) is 64.2 Å². The van der Waals surface area contributed by atoms with Gasteiger partial charge < -0.3 is 5.11 Å². The standard InChI is InChI=1S/C19H32O/c1-2-3-4-5-6-7-8-9-10-11-12-13-14-15-16-17-18-19-20/h2-4,6-7,9-10,20H,1,5,8,11-19H2. The van der Waals surface area contributed by atoms with E-state index in [0.717, 1.165) is 19.3 Å². The second-order valence-corrected chi connectivity index (χ2v) is 5.07. The predicted molar refractivity (Wildman–Crippen MR) is 90.9 cm³/mol. The smallest absolute Gasteiger partial charge is 0.0431 e. The molecule has 0 bridgehead atoms. The number of rotatable bonds is 14. The molecule has 0 aromatic carbocycles. The zero-order valence-corrected chi connectivity index (χ0v) is 13.0. The van der Waals surface area contributed by atoms with Gasteiger partial charge in [-0.1, -0.05) is 81.2 Å². The molecule has 114 valence electrons. The fourth-order valence-corrected chi connectivity index (χ4v) is 2.00. The summed E-state index contributed by atoms with van der Waals surface area (Å²) in [5, 5.41) is 8.66. The third-order valence-corrected chi connectivity index (χ3v) is 3.18. The third-order valence-electron chi connectivity index (χ3n) is 3.18. The molecule has 0 radical (unpaired) electrons. The Balaban J connectivity index is 3.19. The summed E-state index contributed by atoms with van der Waals surface area (Å²) >= 11 is 0. The Labute approximate surface area is 125 Å². The largest absolute Gasteiger partial charge is 0.396 e. The fraction of sp³-hybridized carbons (Fsp3) is 0.579. The second-order valence-electron chi connectivity index (χ2n) is 5.07. The van der Waals surface area contributed by atoms with Crippen LogP contribution in [0.3, 0.4) is 0 Å². The summed E-state index contributed by atoms with van der Waals surface area (Å²) in [6.07, 6.45) is 26.9. The van der Waals surface area contributed by atoms with Crippen molar-refractivity contribution < 1.29 is 5.11 Å². The van der Waals surface area contributed by atoms with Gasteiger partial charge in [0.15, 0.2) is 0 Å². The molecular formula is C19H32O. The highest BCUT2D eigenvalue weighted by atomic mass is 16.2. The SMILES string of the molecule is C=CC=CCC=CCC=CCCCCCCCCCO. The van der Waals surface area contributed by atoms with Crippen molar-refractivity contribution in [1.29, 1.82) is 0 Å². The molecule has 0 amide bonds. The molecule has 0 fully saturated rings. The Hall–Kier alpha value is -1.08. The van der Waals surface area contributed by atoms with Crippen LogP contribution in [0.4, 0.5) is 0 Å². The molecule has 0 spiro atoms. The molecule has 20 heavy (non-hydrogen) atoms. The van der Waals surface area contributed by atoms with Crippen LogP contribution in [0.15, 0.2) is 49.1 Å². The van der Waals surface area contributed by atoms with Crippen LogP contribution in [-0.4, -0.2) is 11.7 Å². The van der Waals surface area contributed by atoms with Crippen molar-refractivity contribution in [1.82, 2.24) is 0 Å². The lowest BCUT2D eigenvalue weighted by molar-refractivity contribution is 0.282. The van der Waals surface area contributed by atoms with Gasteiger partial charge >= 0.3 is 0 Å². The van der Waals surface area contributed by atoms with Gasteiger partial charge in [-0.15, -0.1) is 0 Å². The maximum Gasteiger partial charge on any atom is 0.0431 e. The van der Waals surface area contributed by atoms with Crippen molar-refractivity contribution in [2.24, 2.45) is 0 Å². The number of allylic oxidation sites excluding steroid dienone is 7. The summed E-state index contributed by atoms with van der Waals surface area (Å²) in [4.78, 5) is 0. The first-order valence-electron chi connectivity index (χ1n) is 8.10. The first kappa shape index (κ1) is 18.9. The van der Waals surface area contributed by atoms with E-state index in [4.69, 9.17) is 5.11 Å². The lowest BCUT2D eigenvalue weighted by Crippen LogP contribution is -1.83. The molecule has 0 atom stereocenters. The molecule has 0 aromatic heterocycles. The van der Waals surface area contributed by atoms with Crippen LogP contribution in [-0.2, 0) is 0 Å². The average molecular weight is 276 g/mol. The highest BCUT2D eigenvalue weighted by molar-refractivity contribution is 5.02. The van der Waals surface area contributed by atoms with Crippen LogP contribution in [0.2, 0.25) is 0 Å². The van der Waals surface area contributed by atoms with E-state index in [1.807, 2.05) is 6.08 Å². The van der Waals surface area contributed by atoms with E-state index in [0.29, 0.717) is 6.61 Å². The Morgan fingerprint density at radius 1 is 0.650 bits per heavy atom. The van der Waals surface area contributed by atoms with E-state index in [-0.39, 0.29) is 0 Å². The molecule has 1 N–H and O–H groups in total. The Kier molecular flexibility index (Phi) is 17.0. The lowest BCUT2D eigenvalue weighted by atomic mass is 10.1. The van der Waals surface area contributed by atoms with Crippen LogP contribution >= 0.6 is 0 Å². The van der Waals surface area contributed by atoms with Gasteiger partial charge in [0.05, 0.1) is 0 Å². The molecule has 0 saturated heterocycles. The van der Waals surface area contributed by atoms with E-state index < -0.39 is 0 Å². The van der Waals surface area contributed by atoms with Crippen LogP contribution < -0.4 is 0 Å². The number of unbranched alkanes of at least 4 members (excludes halogenated alkanes) is 7. The molecule has 0 rings (SSSR count). The molecule has 1 heteroatoms. The minimum atomic E-state index is 0.351. The molecule has 0 aliphatic heterocycles. The van der Waals surface area contributed by atoms with E-state index in [1.165, 1.54) is 44.9 Å². The summed E-state index contributed by atoms with van der Waals surface area (Å²) in [6, 6.07) is 0. The van der Waals surface area contributed by atoms with Gasteiger partial charge in [0.1, 0.15) is 0 Å². The first-order chi connectivity index (χ1) is 9.91. The topological polar surface area (TPSA) is 20.2 Å². The maximum absolute atomic E-state index is 8.66. The molecule has 0 aromatic rings. The third kappa shape index (κ3) is 16.9. The van der Waals surface area contributed by atoms with Crippen molar-refractivity contribution in [3.63, 3.8) is 0 Å². The number of aliphatic hydroxyl groups is 1. The zero-order chi connectivity index (χ0) is 14.7. The molecule has 0 aliphatic carbocycles. The predicted octanol–water partition coefficient (Wildman–Crippen LogP) is 5.73. The summed E-state index contributed by atoms with van der Waals surface area (Å²) in [5.74, 6) is 0. The first-order valence-corrected chi connectivity index (χ1v) is 8.10. The van der Waals surface area contributed by atoms with Gasteiger partial charge in [0.25, 0.3) is 0 Å². The highest BCUT2D eigenvalue weighted by Gasteiger charge is 1.90. The van der Waals surface area contributed by atoms with Gasteiger partial charge in [-0.3, -0.25) is 0 Å². The van der Waals surface area contributed by atoms with Crippen molar-refractivity contribution in [2.75, 3.05) is 6.61 Å². The lowest BCUT2D eigenvalue weighted by Gasteiger charge is -1.99. The molecular weight excluding hydrogens is 244 g/mol. The minimum absolute atomic E-state index is 0.351. The van der Waals surface area contributed by atoms with Crippen molar-refractivity contribution in [3.8, 4) is 0 Å². The second kappa shape index (κ2) is 17.9. The van der Waals surface area contributed by atoms with Crippen molar-refractivity contribution in [3.05, 3.63) is 49.1 Å². The van der Waals surface area contributed by atoms with Gasteiger partial charge in [-0.2, -0.15) is 0 Å². The average Bonchev–Trinajstić information content (AvgIpc) is 2.47. The monoisotopic (exact) mass is 276 g/mol. The molecule has 0 aliphatic rings. The summed E-state index contributed by atoms with van der Waals surface area (Å²) in [7, 11) is 0. The molecule has 0 heterocycles. The van der Waals surface area contributed by atoms with Crippen LogP contribution in [0.5, 0.6) is 0 Å². The Bertz CT molecular complexity index is 273. The summed E-state index contributed by atoms with van der Waals surface area (Å²) in [5.41, 5.74) is 0. The van der Waals surface area contributed by atoms with Crippen molar-refractivity contribution >= 4 is 0 Å². The van der Waals surface area contributed by atoms with E-state index in [2.05, 4.69) is 37.0 Å². The van der Waals surface area contributed by atoms with E-state index >= 15 is 0 Å². The normalized spacial score (nSPS) is 12.1. The summed E-state index contributed by atoms with van der Waals surface area (Å²) < 4.78 is 0. The molecule has 0 unspecified atom stereocenters. The molecule has 1 nitrogen and oxygen atoms in total. The van der Waals surface area contributed by atoms with Gasteiger partial charge in [-0.25, -0.2) is 0 Å². The van der Waals surface area contributed by atoms with Gasteiger partial charge in [-0.05, 0) is 32.1 Å². The van der Waals surface area contributed by atoms with E-state index in [9.17, 15) is 0 Å². The van der Waals surface area contributed by atoms with Crippen molar-refractivity contribution in [2.45, 2.75) is 64.2 Å². The van der Waals surface area contributed by atoms with Crippen LogP contribution in [0.25, 0.3) is 0 Å². The van der Waals surface area contributed by atoms with Gasteiger partial charge in [0.2, 0.25) is 0 Å².